The van der Waals surface area contributed by atoms with Crippen molar-refractivity contribution in [2.45, 2.75) is 25.6 Å². The van der Waals surface area contributed by atoms with Gasteiger partial charge in [0.1, 0.15) is 11.5 Å². The highest BCUT2D eigenvalue weighted by Gasteiger charge is 2.32. The molecule has 1 aliphatic rings. The molecule has 160 valence electrons. The quantitative estimate of drug-likeness (QED) is 0.707. The van der Waals surface area contributed by atoms with Crippen molar-refractivity contribution in [1.29, 1.82) is 0 Å². The SMILES string of the molecule is COc1cc(CN2CCNC(=O)C2CC(=O)N(C)Cc2cccnc2)cc(OC)c1. The maximum Gasteiger partial charge on any atom is 0.237 e. The fourth-order valence-corrected chi connectivity index (χ4v) is 3.54. The zero-order chi connectivity index (χ0) is 21.5. The van der Waals surface area contributed by atoms with Gasteiger partial charge in [0.05, 0.1) is 26.7 Å². The third kappa shape index (κ3) is 5.48. The van der Waals surface area contributed by atoms with Gasteiger partial charge in [0, 0.05) is 51.7 Å². The van der Waals surface area contributed by atoms with Gasteiger partial charge < -0.3 is 19.7 Å². The summed E-state index contributed by atoms with van der Waals surface area (Å²) in [5.41, 5.74) is 1.91. The first-order valence-corrected chi connectivity index (χ1v) is 9.86. The van der Waals surface area contributed by atoms with Gasteiger partial charge in [0.2, 0.25) is 11.8 Å². The smallest absolute Gasteiger partial charge is 0.237 e. The van der Waals surface area contributed by atoms with Crippen LogP contribution in [-0.2, 0) is 22.7 Å². The predicted octanol–water partition coefficient (Wildman–Crippen LogP) is 1.45. The van der Waals surface area contributed by atoms with Gasteiger partial charge in [0.15, 0.2) is 0 Å². The highest BCUT2D eigenvalue weighted by Crippen LogP contribution is 2.25. The van der Waals surface area contributed by atoms with Gasteiger partial charge in [-0.15, -0.1) is 0 Å². The number of nitrogens with one attached hydrogen (secondary N) is 1. The van der Waals surface area contributed by atoms with E-state index in [0.717, 1.165) is 11.1 Å². The van der Waals surface area contributed by atoms with E-state index < -0.39 is 6.04 Å². The Balaban J connectivity index is 1.70. The minimum absolute atomic E-state index is 0.0888. The normalized spacial score (nSPS) is 16.6. The van der Waals surface area contributed by atoms with Gasteiger partial charge in [-0.05, 0) is 29.3 Å². The number of methoxy groups -OCH3 is 2. The predicted molar refractivity (Wildman–Crippen MR) is 112 cm³/mol. The molecule has 8 nitrogen and oxygen atoms in total. The first-order chi connectivity index (χ1) is 14.5. The van der Waals surface area contributed by atoms with Crippen LogP contribution in [-0.4, -0.2) is 67.0 Å². The molecule has 2 amide bonds. The van der Waals surface area contributed by atoms with Crippen molar-refractivity contribution in [2.75, 3.05) is 34.4 Å². The second-order valence-corrected chi connectivity index (χ2v) is 7.31. The average molecular weight is 412 g/mol. The zero-order valence-electron chi connectivity index (χ0n) is 17.6. The number of hydrogen-bond acceptors (Lipinski definition) is 6. The van der Waals surface area contributed by atoms with E-state index in [9.17, 15) is 9.59 Å². The number of amides is 2. The minimum atomic E-state index is -0.528. The molecule has 1 aromatic heterocycles. The zero-order valence-corrected chi connectivity index (χ0v) is 17.6. The number of ether oxygens (including phenoxy) is 2. The van der Waals surface area contributed by atoms with Gasteiger partial charge >= 0.3 is 0 Å². The van der Waals surface area contributed by atoms with Crippen molar-refractivity contribution >= 4 is 11.8 Å². The van der Waals surface area contributed by atoms with Crippen LogP contribution in [0.4, 0.5) is 0 Å². The van der Waals surface area contributed by atoms with Crippen LogP contribution in [0.1, 0.15) is 17.5 Å². The van der Waals surface area contributed by atoms with Crippen LogP contribution in [0.25, 0.3) is 0 Å². The van der Waals surface area contributed by atoms with E-state index in [1.54, 1.807) is 44.6 Å². The molecule has 1 aromatic carbocycles. The van der Waals surface area contributed by atoms with Crippen LogP contribution in [0.2, 0.25) is 0 Å². The van der Waals surface area contributed by atoms with Crippen molar-refractivity contribution in [2.24, 2.45) is 0 Å². The molecule has 30 heavy (non-hydrogen) atoms. The summed E-state index contributed by atoms with van der Waals surface area (Å²) in [5, 5.41) is 2.88. The molecule has 0 spiro atoms. The molecule has 0 aliphatic carbocycles. The summed E-state index contributed by atoms with van der Waals surface area (Å²) in [6.45, 7) is 2.19. The number of rotatable bonds is 8. The average Bonchev–Trinajstić information content (AvgIpc) is 2.76. The van der Waals surface area contributed by atoms with Crippen molar-refractivity contribution in [3.8, 4) is 11.5 Å². The largest absolute Gasteiger partial charge is 0.497 e. The standard InChI is InChI=1S/C22H28N4O4/c1-25(14-16-5-4-6-23-13-16)21(27)12-20-22(28)24-7-8-26(20)15-17-9-18(29-2)11-19(10-17)30-3/h4-6,9-11,13,20H,7-8,12,14-15H2,1-3H3,(H,24,28). The van der Waals surface area contributed by atoms with Gasteiger partial charge in [0.25, 0.3) is 0 Å². The Morgan fingerprint density at radius 1 is 1.23 bits per heavy atom. The van der Waals surface area contributed by atoms with E-state index in [2.05, 4.69) is 10.3 Å². The molecule has 1 saturated heterocycles. The molecule has 1 aliphatic heterocycles. The fraction of sp³-hybridized carbons (Fsp3) is 0.409. The van der Waals surface area contributed by atoms with Crippen LogP contribution < -0.4 is 14.8 Å². The fourth-order valence-electron chi connectivity index (χ4n) is 3.54. The summed E-state index contributed by atoms with van der Waals surface area (Å²) in [4.78, 5) is 33.1. The van der Waals surface area contributed by atoms with Gasteiger partial charge in [-0.3, -0.25) is 19.5 Å². The number of carbonyl (C=O) groups is 2. The van der Waals surface area contributed by atoms with Crippen LogP contribution in [0.15, 0.2) is 42.7 Å². The molecule has 0 radical (unpaired) electrons. The Bertz CT molecular complexity index is 852. The van der Waals surface area contributed by atoms with E-state index in [4.69, 9.17) is 9.47 Å². The Labute approximate surface area is 176 Å². The van der Waals surface area contributed by atoms with Gasteiger partial charge in [-0.2, -0.15) is 0 Å². The number of piperazine rings is 1. The Hall–Kier alpha value is -3.13. The summed E-state index contributed by atoms with van der Waals surface area (Å²) >= 11 is 0. The van der Waals surface area contributed by atoms with Crippen molar-refractivity contribution in [1.82, 2.24) is 20.1 Å². The van der Waals surface area contributed by atoms with E-state index >= 15 is 0 Å². The summed E-state index contributed by atoms with van der Waals surface area (Å²) in [7, 11) is 4.95. The molecule has 2 aromatic rings. The summed E-state index contributed by atoms with van der Waals surface area (Å²) in [6, 6.07) is 8.88. The van der Waals surface area contributed by atoms with Crippen LogP contribution in [0, 0.1) is 0 Å². The first-order valence-electron chi connectivity index (χ1n) is 9.86. The lowest BCUT2D eigenvalue weighted by Gasteiger charge is -2.35. The molecule has 1 fully saturated rings. The van der Waals surface area contributed by atoms with Crippen molar-refractivity contribution < 1.29 is 19.1 Å². The number of hydrogen-bond donors (Lipinski definition) is 1. The number of carbonyl (C=O) groups excluding carboxylic acids is 2. The lowest BCUT2D eigenvalue weighted by molar-refractivity contribution is -0.138. The van der Waals surface area contributed by atoms with E-state index in [0.29, 0.717) is 37.7 Å². The molecular weight excluding hydrogens is 384 g/mol. The second kappa shape index (κ2) is 10.1. The third-order valence-electron chi connectivity index (χ3n) is 5.17. The third-order valence-corrected chi connectivity index (χ3v) is 5.17. The molecule has 2 heterocycles. The first kappa shape index (κ1) is 21.6. The van der Waals surface area contributed by atoms with Crippen molar-refractivity contribution in [3.05, 3.63) is 53.9 Å². The summed E-state index contributed by atoms with van der Waals surface area (Å²) < 4.78 is 10.7. The van der Waals surface area contributed by atoms with Crippen molar-refractivity contribution in [3.63, 3.8) is 0 Å². The highest BCUT2D eigenvalue weighted by atomic mass is 16.5. The topological polar surface area (TPSA) is 84.0 Å². The van der Waals surface area contributed by atoms with Crippen LogP contribution in [0.3, 0.4) is 0 Å². The van der Waals surface area contributed by atoms with Gasteiger partial charge in [-0.1, -0.05) is 6.07 Å². The number of aromatic nitrogens is 1. The Morgan fingerprint density at radius 3 is 2.60 bits per heavy atom. The van der Waals surface area contributed by atoms with Crippen LogP contribution in [0.5, 0.6) is 11.5 Å². The Kier molecular flexibility index (Phi) is 7.24. The molecule has 0 saturated carbocycles. The van der Waals surface area contributed by atoms with Gasteiger partial charge in [-0.25, -0.2) is 0 Å². The molecule has 1 atom stereocenters. The highest BCUT2D eigenvalue weighted by molar-refractivity contribution is 5.88. The van der Waals surface area contributed by atoms with Crippen LogP contribution >= 0.6 is 0 Å². The maximum absolute atomic E-state index is 12.8. The van der Waals surface area contributed by atoms with E-state index in [1.807, 2.05) is 29.2 Å². The maximum atomic E-state index is 12.8. The lowest BCUT2D eigenvalue weighted by Crippen LogP contribution is -2.56. The van der Waals surface area contributed by atoms with E-state index in [-0.39, 0.29) is 18.2 Å². The molecule has 1 unspecified atom stereocenters. The number of nitrogens with zero attached hydrogens (tertiary/aromatic N) is 3. The Morgan fingerprint density at radius 2 is 1.97 bits per heavy atom. The minimum Gasteiger partial charge on any atom is -0.497 e. The monoisotopic (exact) mass is 412 g/mol. The summed E-state index contributed by atoms with van der Waals surface area (Å²) in [6.07, 6.45) is 3.55. The molecule has 0 bridgehead atoms. The molecule has 1 N–H and O–H groups in total. The molecule has 3 rings (SSSR count). The van der Waals surface area contributed by atoms with E-state index in [1.165, 1.54) is 0 Å². The summed E-state index contributed by atoms with van der Waals surface area (Å²) in [5.74, 6) is 1.16. The molecule has 8 heteroatoms. The lowest BCUT2D eigenvalue weighted by atomic mass is 10.1. The second-order valence-electron chi connectivity index (χ2n) is 7.31. The molecular formula is C22H28N4O4. The number of benzene rings is 1. The number of pyridine rings is 1.